The summed E-state index contributed by atoms with van der Waals surface area (Å²) in [5.74, 6) is -1.70. The zero-order valence-electron chi connectivity index (χ0n) is 16.3. The SMILES string of the molecule is O=C(O)c1ccc(CN2C(=O)c3ccc(Cl)cc3NC(=O)C2Cc2ccccn2)cc1. The predicted octanol–water partition coefficient (Wildman–Crippen LogP) is 3.64. The normalized spacial score (nSPS) is 15.8. The van der Waals surface area contributed by atoms with Crippen LogP contribution < -0.4 is 5.32 Å². The number of carboxylic acid groups (broad SMARTS) is 1. The Kier molecular flexibility index (Phi) is 5.68. The van der Waals surface area contributed by atoms with E-state index >= 15 is 0 Å². The molecule has 1 aliphatic rings. The number of hydrogen-bond acceptors (Lipinski definition) is 4. The fourth-order valence-electron chi connectivity index (χ4n) is 3.51. The van der Waals surface area contributed by atoms with E-state index in [1.807, 2.05) is 6.07 Å². The van der Waals surface area contributed by atoms with Crippen LogP contribution in [0.2, 0.25) is 5.02 Å². The van der Waals surface area contributed by atoms with E-state index in [0.717, 1.165) is 0 Å². The molecule has 2 aromatic carbocycles. The van der Waals surface area contributed by atoms with Crippen molar-refractivity contribution in [3.05, 3.63) is 94.3 Å². The molecule has 4 rings (SSSR count). The van der Waals surface area contributed by atoms with E-state index in [4.69, 9.17) is 16.7 Å². The van der Waals surface area contributed by atoms with E-state index in [0.29, 0.717) is 27.5 Å². The van der Waals surface area contributed by atoms with Crippen LogP contribution in [0.25, 0.3) is 0 Å². The summed E-state index contributed by atoms with van der Waals surface area (Å²) in [6.07, 6.45) is 1.86. The third-order valence-electron chi connectivity index (χ3n) is 5.09. The van der Waals surface area contributed by atoms with Gasteiger partial charge in [0.1, 0.15) is 6.04 Å². The molecule has 0 saturated carbocycles. The maximum Gasteiger partial charge on any atom is 0.335 e. The molecule has 8 heteroatoms. The molecule has 31 heavy (non-hydrogen) atoms. The summed E-state index contributed by atoms with van der Waals surface area (Å²) in [6.45, 7) is 0.131. The molecule has 0 saturated heterocycles. The smallest absolute Gasteiger partial charge is 0.335 e. The lowest BCUT2D eigenvalue weighted by molar-refractivity contribution is -0.120. The van der Waals surface area contributed by atoms with E-state index in [2.05, 4.69) is 10.3 Å². The lowest BCUT2D eigenvalue weighted by atomic mass is 10.1. The number of nitrogens with zero attached hydrogens (tertiary/aromatic N) is 2. The molecule has 3 aromatic rings. The topological polar surface area (TPSA) is 99.6 Å². The summed E-state index contributed by atoms with van der Waals surface area (Å²) < 4.78 is 0. The molecule has 2 N–H and O–H groups in total. The molecule has 1 aromatic heterocycles. The Hall–Kier alpha value is -3.71. The first kappa shape index (κ1) is 20.6. The van der Waals surface area contributed by atoms with E-state index in [1.165, 1.54) is 17.0 Å². The van der Waals surface area contributed by atoms with Crippen LogP contribution in [0.3, 0.4) is 0 Å². The molecule has 7 nitrogen and oxygen atoms in total. The highest BCUT2D eigenvalue weighted by atomic mass is 35.5. The van der Waals surface area contributed by atoms with Gasteiger partial charge >= 0.3 is 5.97 Å². The number of carbonyl (C=O) groups excluding carboxylic acids is 2. The monoisotopic (exact) mass is 435 g/mol. The molecule has 0 bridgehead atoms. The van der Waals surface area contributed by atoms with E-state index in [1.54, 1.807) is 48.7 Å². The first-order valence-corrected chi connectivity index (χ1v) is 9.93. The second-order valence-electron chi connectivity index (χ2n) is 7.16. The number of rotatable bonds is 5. The van der Waals surface area contributed by atoms with Crippen LogP contribution in [0.4, 0.5) is 5.69 Å². The highest BCUT2D eigenvalue weighted by Crippen LogP contribution is 2.28. The fourth-order valence-corrected chi connectivity index (χ4v) is 3.68. The number of amides is 2. The van der Waals surface area contributed by atoms with Crippen molar-refractivity contribution in [2.75, 3.05) is 5.32 Å². The summed E-state index contributed by atoms with van der Waals surface area (Å²) in [5, 5.41) is 12.3. The van der Waals surface area contributed by atoms with Gasteiger partial charge in [-0.1, -0.05) is 29.8 Å². The number of carbonyl (C=O) groups is 3. The van der Waals surface area contributed by atoms with Gasteiger partial charge in [0.2, 0.25) is 5.91 Å². The quantitative estimate of drug-likeness (QED) is 0.637. The van der Waals surface area contributed by atoms with Crippen LogP contribution in [0.15, 0.2) is 66.9 Å². The highest BCUT2D eigenvalue weighted by Gasteiger charge is 2.35. The second-order valence-corrected chi connectivity index (χ2v) is 7.59. The third-order valence-corrected chi connectivity index (χ3v) is 5.33. The van der Waals surface area contributed by atoms with E-state index < -0.39 is 12.0 Å². The predicted molar refractivity (Wildman–Crippen MR) is 115 cm³/mol. The van der Waals surface area contributed by atoms with Gasteiger partial charge < -0.3 is 15.3 Å². The molecule has 0 spiro atoms. The van der Waals surface area contributed by atoms with Crippen molar-refractivity contribution in [3.63, 3.8) is 0 Å². The molecule has 0 fully saturated rings. The molecular weight excluding hydrogens is 418 g/mol. The van der Waals surface area contributed by atoms with Gasteiger partial charge in [0.15, 0.2) is 0 Å². The number of aromatic carboxylic acids is 1. The van der Waals surface area contributed by atoms with Crippen molar-refractivity contribution in [1.82, 2.24) is 9.88 Å². The molecule has 2 heterocycles. The number of hydrogen-bond donors (Lipinski definition) is 2. The van der Waals surface area contributed by atoms with Crippen molar-refractivity contribution >= 4 is 35.1 Å². The van der Waals surface area contributed by atoms with Crippen LogP contribution in [-0.2, 0) is 17.8 Å². The fraction of sp³-hybridized carbons (Fsp3) is 0.130. The molecule has 1 aliphatic heterocycles. The highest BCUT2D eigenvalue weighted by molar-refractivity contribution is 6.31. The average Bonchev–Trinajstić information content (AvgIpc) is 2.85. The summed E-state index contributed by atoms with van der Waals surface area (Å²) in [7, 11) is 0. The lowest BCUT2D eigenvalue weighted by Gasteiger charge is -2.28. The van der Waals surface area contributed by atoms with Gasteiger partial charge in [0.25, 0.3) is 5.91 Å². The first-order chi connectivity index (χ1) is 14.9. The molecule has 1 atom stereocenters. The molecule has 2 amide bonds. The zero-order chi connectivity index (χ0) is 22.0. The second kappa shape index (κ2) is 8.57. The van der Waals surface area contributed by atoms with Crippen LogP contribution in [-0.4, -0.2) is 38.8 Å². The maximum absolute atomic E-state index is 13.4. The van der Waals surface area contributed by atoms with Crippen molar-refractivity contribution in [2.45, 2.75) is 19.0 Å². The molecule has 0 radical (unpaired) electrons. The minimum atomic E-state index is -1.03. The number of anilines is 1. The number of nitrogens with one attached hydrogen (secondary N) is 1. The number of halogens is 1. The number of aromatic nitrogens is 1. The van der Waals surface area contributed by atoms with Gasteiger partial charge in [-0.3, -0.25) is 14.6 Å². The Morgan fingerprint density at radius 3 is 2.55 bits per heavy atom. The van der Waals surface area contributed by atoms with Gasteiger partial charge in [0, 0.05) is 29.9 Å². The van der Waals surface area contributed by atoms with Gasteiger partial charge in [0.05, 0.1) is 16.8 Å². The van der Waals surface area contributed by atoms with E-state index in [9.17, 15) is 14.4 Å². The van der Waals surface area contributed by atoms with Crippen molar-refractivity contribution < 1.29 is 19.5 Å². The van der Waals surface area contributed by atoms with Gasteiger partial charge in [-0.05, 0) is 48.0 Å². The standard InChI is InChI=1S/C23H18ClN3O4/c24-16-8-9-18-19(11-16)26-21(28)20(12-17-3-1-2-10-25-17)27(22(18)29)13-14-4-6-15(7-5-14)23(30)31/h1-11,20H,12-13H2,(H,26,28)(H,30,31). The van der Waals surface area contributed by atoms with Crippen molar-refractivity contribution in [3.8, 4) is 0 Å². The van der Waals surface area contributed by atoms with Crippen LogP contribution in [0.5, 0.6) is 0 Å². The van der Waals surface area contributed by atoms with Gasteiger partial charge in [-0.15, -0.1) is 0 Å². The number of fused-ring (bicyclic) bond motifs is 1. The van der Waals surface area contributed by atoms with Gasteiger partial charge in [-0.2, -0.15) is 0 Å². The lowest BCUT2D eigenvalue weighted by Crippen LogP contribution is -2.46. The average molecular weight is 436 g/mol. The Labute approximate surface area is 183 Å². The number of carboxylic acids is 1. The third kappa shape index (κ3) is 4.41. The van der Waals surface area contributed by atoms with E-state index in [-0.39, 0.29) is 30.3 Å². The Balaban J connectivity index is 1.73. The summed E-state index contributed by atoms with van der Waals surface area (Å²) >= 11 is 6.06. The summed E-state index contributed by atoms with van der Waals surface area (Å²) in [5.41, 5.74) is 2.22. The minimum Gasteiger partial charge on any atom is -0.478 e. The summed E-state index contributed by atoms with van der Waals surface area (Å²) in [6, 6.07) is 15.6. The number of benzene rings is 2. The van der Waals surface area contributed by atoms with Crippen LogP contribution in [0.1, 0.15) is 32.0 Å². The first-order valence-electron chi connectivity index (χ1n) is 9.56. The van der Waals surface area contributed by atoms with Crippen molar-refractivity contribution in [2.24, 2.45) is 0 Å². The van der Waals surface area contributed by atoms with Crippen LogP contribution >= 0.6 is 11.6 Å². The Morgan fingerprint density at radius 1 is 1.10 bits per heavy atom. The molecular formula is C23H18ClN3O4. The maximum atomic E-state index is 13.4. The van der Waals surface area contributed by atoms with Crippen LogP contribution in [0, 0.1) is 0 Å². The molecule has 156 valence electrons. The van der Waals surface area contributed by atoms with Crippen molar-refractivity contribution in [1.29, 1.82) is 0 Å². The minimum absolute atomic E-state index is 0.131. The summed E-state index contributed by atoms with van der Waals surface area (Å²) in [4.78, 5) is 43.5. The largest absolute Gasteiger partial charge is 0.478 e. The number of pyridine rings is 1. The molecule has 1 unspecified atom stereocenters. The van der Waals surface area contributed by atoms with Gasteiger partial charge in [-0.25, -0.2) is 4.79 Å². The molecule has 0 aliphatic carbocycles. The Morgan fingerprint density at radius 2 is 1.87 bits per heavy atom. The zero-order valence-corrected chi connectivity index (χ0v) is 17.0. The Bertz CT molecular complexity index is 1150.